The number of aliphatic hydroxyl groups is 1. The lowest BCUT2D eigenvalue weighted by Crippen LogP contribution is -2.40. The molecule has 14 heavy (non-hydrogen) atoms. The van der Waals surface area contributed by atoms with Crippen LogP contribution < -0.4 is 0 Å². The summed E-state index contributed by atoms with van der Waals surface area (Å²) < 4.78 is 0. The second-order valence-electron chi connectivity index (χ2n) is 4.15. The highest BCUT2D eigenvalue weighted by Gasteiger charge is 2.42. The van der Waals surface area contributed by atoms with Gasteiger partial charge in [0, 0.05) is 5.56 Å². The summed E-state index contributed by atoms with van der Waals surface area (Å²) in [6.07, 6.45) is 1.54. The summed E-state index contributed by atoms with van der Waals surface area (Å²) >= 11 is 11.9. The Bertz CT molecular complexity index is 356. The van der Waals surface area contributed by atoms with Crippen molar-refractivity contribution >= 4 is 23.2 Å². The van der Waals surface area contributed by atoms with Gasteiger partial charge in [-0.1, -0.05) is 42.3 Å². The molecule has 1 saturated carbocycles. The van der Waals surface area contributed by atoms with E-state index in [2.05, 4.69) is 6.92 Å². The molecule has 76 valence electrons. The van der Waals surface area contributed by atoms with Gasteiger partial charge in [-0.2, -0.15) is 0 Å². The summed E-state index contributed by atoms with van der Waals surface area (Å²) in [4.78, 5) is 0. The molecule has 0 radical (unpaired) electrons. The Balaban J connectivity index is 2.37. The Hall–Kier alpha value is -0.240. The van der Waals surface area contributed by atoms with E-state index in [9.17, 15) is 5.11 Å². The van der Waals surface area contributed by atoms with Gasteiger partial charge in [0.15, 0.2) is 0 Å². The topological polar surface area (TPSA) is 20.2 Å². The molecule has 0 saturated heterocycles. The number of hydrogen-bond acceptors (Lipinski definition) is 1. The highest BCUT2D eigenvalue weighted by molar-refractivity contribution is 6.42. The maximum atomic E-state index is 10.2. The first-order valence-corrected chi connectivity index (χ1v) is 5.45. The van der Waals surface area contributed by atoms with Crippen LogP contribution in [-0.4, -0.2) is 5.11 Å². The molecule has 0 unspecified atom stereocenters. The van der Waals surface area contributed by atoms with Crippen LogP contribution in [0.4, 0.5) is 0 Å². The molecule has 0 spiro atoms. The average Bonchev–Trinajstić information content (AvgIpc) is 2.07. The molecule has 1 fully saturated rings. The van der Waals surface area contributed by atoms with Gasteiger partial charge < -0.3 is 5.11 Å². The van der Waals surface area contributed by atoms with Gasteiger partial charge in [-0.15, -0.1) is 0 Å². The van der Waals surface area contributed by atoms with E-state index in [1.54, 1.807) is 6.07 Å². The standard InChI is InChI=1S/C11H12Cl2O/c1-7-5-11(14,6-7)8-3-2-4-9(12)10(8)13/h2-4,7,14H,5-6H2,1H3. The minimum atomic E-state index is -0.749. The Morgan fingerprint density at radius 1 is 1.36 bits per heavy atom. The third-order valence-electron chi connectivity index (χ3n) is 2.83. The number of benzene rings is 1. The van der Waals surface area contributed by atoms with Crippen LogP contribution in [0.3, 0.4) is 0 Å². The van der Waals surface area contributed by atoms with Crippen LogP contribution in [0.15, 0.2) is 18.2 Å². The van der Waals surface area contributed by atoms with Crippen molar-refractivity contribution < 1.29 is 5.11 Å². The van der Waals surface area contributed by atoms with E-state index in [1.165, 1.54) is 0 Å². The minimum Gasteiger partial charge on any atom is -0.385 e. The number of hydrogen-bond donors (Lipinski definition) is 1. The van der Waals surface area contributed by atoms with E-state index in [-0.39, 0.29) is 0 Å². The van der Waals surface area contributed by atoms with Gasteiger partial charge in [-0.3, -0.25) is 0 Å². The van der Waals surface area contributed by atoms with Crippen molar-refractivity contribution in [2.75, 3.05) is 0 Å². The van der Waals surface area contributed by atoms with Crippen LogP contribution >= 0.6 is 23.2 Å². The van der Waals surface area contributed by atoms with Crippen LogP contribution in [0.2, 0.25) is 10.0 Å². The summed E-state index contributed by atoms with van der Waals surface area (Å²) in [5, 5.41) is 11.2. The molecule has 0 heterocycles. The summed E-state index contributed by atoms with van der Waals surface area (Å²) in [6, 6.07) is 5.41. The van der Waals surface area contributed by atoms with E-state index in [1.807, 2.05) is 12.1 Å². The van der Waals surface area contributed by atoms with Crippen molar-refractivity contribution in [2.45, 2.75) is 25.4 Å². The van der Waals surface area contributed by atoms with Crippen LogP contribution in [-0.2, 0) is 5.60 Å². The third kappa shape index (κ3) is 1.54. The van der Waals surface area contributed by atoms with E-state index >= 15 is 0 Å². The molecule has 0 amide bonds. The molecular weight excluding hydrogens is 219 g/mol. The molecule has 2 rings (SSSR count). The number of rotatable bonds is 1. The molecule has 0 atom stereocenters. The summed E-state index contributed by atoms with van der Waals surface area (Å²) in [7, 11) is 0. The fourth-order valence-corrected chi connectivity index (χ4v) is 2.65. The van der Waals surface area contributed by atoms with Crippen molar-refractivity contribution in [3.05, 3.63) is 33.8 Å². The van der Waals surface area contributed by atoms with Gasteiger partial charge in [-0.25, -0.2) is 0 Å². The fraction of sp³-hybridized carbons (Fsp3) is 0.455. The zero-order valence-corrected chi connectivity index (χ0v) is 9.44. The molecule has 1 aliphatic carbocycles. The lowest BCUT2D eigenvalue weighted by atomic mass is 9.68. The predicted molar refractivity (Wildman–Crippen MR) is 58.8 cm³/mol. The highest BCUT2D eigenvalue weighted by Crippen LogP contribution is 2.48. The summed E-state index contributed by atoms with van der Waals surface area (Å²) in [5.41, 5.74) is 0.0197. The molecular formula is C11H12Cl2O. The predicted octanol–water partition coefficient (Wildman–Crippen LogP) is 3.61. The molecule has 3 heteroatoms. The van der Waals surface area contributed by atoms with E-state index in [4.69, 9.17) is 23.2 Å². The maximum absolute atomic E-state index is 10.2. The second-order valence-corrected chi connectivity index (χ2v) is 4.93. The van der Waals surface area contributed by atoms with Crippen LogP contribution in [0.1, 0.15) is 25.3 Å². The molecule has 1 aromatic rings. The molecule has 0 bridgehead atoms. The van der Waals surface area contributed by atoms with Crippen LogP contribution in [0.25, 0.3) is 0 Å². The van der Waals surface area contributed by atoms with Crippen LogP contribution in [0.5, 0.6) is 0 Å². The quantitative estimate of drug-likeness (QED) is 0.782. The van der Waals surface area contributed by atoms with E-state index < -0.39 is 5.60 Å². The van der Waals surface area contributed by atoms with Gasteiger partial charge in [0.2, 0.25) is 0 Å². The number of halogens is 2. The molecule has 0 aromatic heterocycles. The maximum Gasteiger partial charge on any atom is 0.0916 e. The van der Waals surface area contributed by atoms with Gasteiger partial charge in [-0.05, 0) is 24.8 Å². The normalized spacial score (nSPS) is 31.3. The van der Waals surface area contributed by atoms with Gasteiger partial charge in [0.25, 0.3) is 0 Å². The summed E-state index contributed by atoms with van der Waals surface area (Å²) in [6.45, 7) is 2.12. The Kier molecular flexibility index (Phi) is 2.50. The summed E-state index contributed by atoms with van der Waals surface area (Å²) in [5.74, 6) is 0.565. The lowest BCUT2D eigenvalue weighted by Gasteiger charge is -2.43. The van der Waals surface area contributed by atoms with Gasteiger partial charge in [0.05, 0.1) is 15.6 Å². The molecule has 1 aromatic carbocycles. The zero-order valence-electron chi connectivity index (χ0n) is 7.93. The third-order valence-corrected chi connectivity index (χ3v) is 3.64. The Morgan fingerprint density at radius 3 is 2.57 bits per heavy atom. The van der Waals surface area contributed by atoms with E-state index in [0.29, 0.717) is 16.0 Å². The van der Waals surface area contributed by atoms with Crippen molar-refractivity contribution in [1.29, 1.82) is 0 Å². The van der Waals surface area contributed by atoms with E-state index in [0.717, 1.165) is 18.4 Å². The minimum absolute atomic E-state index is 0.489. The molecule has 1 N–H and O–H groups in total. The fourth-order valence-electron chi connectivity index (χ4n) is 2.18. The zero-order chi connectivity index (χ0) is 10.3. The van der Waals surface area contributed by atoms with Crippen LogP contribution in [0, 0.1) is 5.92 Å². The second kappa shape index (κ2) is 3.41. The van der Waals surface area contributed by atoms with Gasteiger partial charge in [0.1, 0.15) is 0 Å². The largest absolute Gasteiger partial charge is 0.385 e. The lowest BCUT2D eigenvalue weighted by molar-refractivity contribution is -0.0737. The first kappa shape index (κ1) is 10.3. The Morgan fingerprint density at radius 2 is 2.00 bits per heavy atom. The van der Waals surface area contributed by atoms with Crippen molar-refractivity contribution in [3.8, 4) is 0 Å². The molecule has 1 aliphatic rings. The first-order chi connectivity index (χ1) is 6.53. The van der Waals surface area contributed by atoms with Crippen molar-refractivity contribution in [3.63, 3.8) is 0 Å². The first-order valence-electron chi connectivity index (χ1n) is 4.70. The van der Waals surface area contributed by atoms with Crippen molar-refractivity contribution in [1.82, 2.24) is 0 Å². The SMILES string of the molecule is CC1CC(O)(c2cccc(Cl)c2Cl)C1. The highest BCUT2D eigenvalue weighted by atomic mass is 35.5. The Labute approximate surface area is 93.7 Å². The smallest absolute Gasteiger partial charge is 0.0916 e. The molecule has 1 nitrogen and oxygen atoms in total. The monoisotopic (exact) mass is 230 g/mol. The average molecular weight is 231 g/mol. The molecule has 0 aliphatic heterocycles. The van der Waals surface area contributed by atoms with Gasteiger partial charge >= 0.3 is 0 Å². The van der Waals surface area contributed by atoms with Crippen molar-refractivity contribution in [2.24, 2.45) is 5.92 Å².